The van der Waals surface area contributed by atoms with Crippen LogP contribution >= 0.6 is 0 Å². The number of carbonyl (C=O) groups excluding carboxylic acids is 2. The average Bonchev–Trinajstić information content (AvgIpc) is 2.79. The molecule has 2 amide bonds. The number of nitrogens with one attached hydrogen (secondary N) is 2. The number of halogens is 1. The Bertz CT molecular complexity index is 1100. The minimum absolute atomic E-state index is 0.124. The van der Waals surface area contributed by atoms with Crippen LogP contribution in [-0.2, 0) is 20.6 Å². The lowest BCUT2D eigenvalue weighted by atomic mass is 9.97. The van der Waals surface area contributed by atoms with Gasteiger partial charge in [0, 0.05) is 31.1 Å². The smallest absolute Gasteiger partial charge is 0.253 e. The lowest BCUT2D eigenvalue weighted by molar-refractivity contribution is -0.120. The van der Waals surface area contributed by atoms with Gasteiger partial charge in [-0.3, -0.25) is 9.59 Å². The van der Waals surface area contributed by atoms with Crippen molar-refractivity contribution in [1.82, 2.24) is 9.62 Å². The summed E-state index contributed by atoms with van der Waals surface area (Å²) in [7, 11) is -3.69. The Morgan fingerprint density at radius 2 is 1.75 bits per heavy atom. The van der Waals surface area contributed by atoms with Gasteiger partial charge in [0.25, 0.3) is 5.91 Å². The molecule has 0 saturated carbocycles. The molecular weight excluding hydrogens is 433 g/mol. The molecule has 3 rings (SSSR count). The van der Waals surface area contributed by atoms with E-state index in [4.69, 9.17) is 0 Å². The number of hydrogen-bond acceptors (Lipinski definition) is 4. The molecule has 0 aliphatic carbocycles. The van der Waals surface area contributed by atoms with Crippen molar-refractivity contribution in [3.05, 3.63) is 78.1 Å². The topological polar surface area (TPSA) is 95.6 Å². The van der Waals surface area contributed by atoms with Crippen molar-refractivity contribution in [1.29, 1.82) is 0 Å². The first-order chi connectivity index (χ1) is 15.3. The average molecular weight is 460 g/mol. The molecule has 0 atom stereocenters. The van der Waals surface area contributed by atoms with Gasteiger partial charge in [0.1, 0.15) is 5.82 Å². The van der Waals surface area contributed by atoms with E-state index in [1.54, 1.807) is 36.4 Å². The highest BCUT2D eigenvalue weighted by Gasteiger charge is 2.32. The zero-order valence-electron chi connectivity index (χ0n) is 17.6. The van der Waals surface area contributed by atoms with Crippen LogP contribution in [0.3, 0.4) is 0 Å². The van der Waals surface area contributed by atoms with Gasteiger partial charge in [-0.1, -0.05) is 36.4 Å². The number of rotatable bonds is 8. The highest BCUT2D eigenvalue weighted by molar-refractivity contribution is 7.88. The molecule has 2 aromatic carbocycles. The Morgan fingerprint density at radius 3 is 2.44 bits per heavy atom. The van der Waals surface area contributed by atoms with Gasteiger partial charge in [0.05, 0.1) is 17.0 Å². The zero-order chi connectivity index (χ0) is 23.1. The van der Waals surface area contributed by atoms with E-state index < -0.39 is 21.6 Å². The highest BCUT2D eigenvalue weighted by Crippen LogP contribution is 2.24. The monoisotopic (exact) mass is 459 g/mol. The van der Waals surface area contributed by atoms with E-state index in [1.165, 1.54) is 22.5 Å². The van der Waals surface area contributed by atoms with Gasteiger partial charge in [-0.15, -0.1) is 6.58 Å². The second-order valence-electron chi connectivity index (χ2n) is 7.55. The largest absolute Gasteiger partial charge is 0.349 e. The number of benzene rings is 2. The predicted molar refractivity (Wildman–Crippen MR) is 121 cm³/mol. The predicted octanol–water partition coefficient (Wildman–Crippen LogP) is 2.92. The Kier molecular flexibility index (Phi) is 7.76. The van der Waals surface area contributed by atoms with Crippen molar-refractivity contribution in [2.75, 3.05) is 25.0 Å². The maximum atomic E-state index is 13.9. The maximum Gasteiger partial charge on any atom is 0.253 e. The molecule has 1 aliphatic heterocycles. The summed E-state index contributed by atoms with van der Waals surface area (Å²) in [6.07, 6.45) is 2.24. The molecule has 7 nitrogen and oxygen atoms in total. The Morgan fingerprint density at radius 1 is 1.09 bits per heavy atom. The minimum Gasteiger partial charge on any atom is -0.349 e. The maximum absolute atomic E-state index is 13.9. The third-order valence-electron chi connectivity index (χ3n) is 5.35. The number of carbonyl (C=O) groups is 2. The van der Waals surface area contributed by atoms with Crippen LogP contribution in [0.1, 0.15) is 28.8 Å². The van der Waals surface area contributed by atoms with Crippen LogP contribution in [0.2, 0.25) is 0 Å². The molecule has 32 heavy (non-hydrogen) atoms. The third-order valence-corrected chi connectivity index (χ3v) is 7.18. The summed E-state index contributed by atoms with van der Waals surface area (Å²) in [5.74, 6) is -1.95. The van der Waals surface area contributed by atoms with E-state index in [2.05, 4.69) is 17.2 Å². The third kappa shape index (κ3) is 5.80. The van der Waals surface area contributed by atoms with E-state index in [-0.39, 0.29) is 36.4 Å². The second-order valence-corrected chi connectivity index (χ2v) is 9.52. The van der Waals surface area contributed by atoms with Crippen molar-refractivity contribution in [2.45, 2.75) is 18.6 Å². The molecule has 1 heterocycles. The fourth-order valence-electron chi connectivity index (χ4n) is 3.58. The van der Waals surface area contributed by atoms with Gasteiger partial charge in [0.2, 0.25) is 15.9 Å². The summed E-state index contributed by atoms with van der Waals surface area (Å²) in [4.78, 5) is 25.1. The number of nitrogens with zero attached hydrogens (tertiary/aromatic N) is 1. The van der Waals surface area contributed by atoms with E-state index in [9.17, 15) is 22.4 Å². The summed E-state index contributed by atoms with van der Waals surface area (Å²) in [5.41, 5.74) is 0.861. The number of piperidine rings is 1. The van der Waals surface area contributed by atoms with Crippen molar-refractivity contribution in [3.8, 4) is 0 Å². The van der Waals surface area contributed by atoms with E-state index in [1.807, 2.05) is 0 Å². The minimum atomic E-state index is -3.69. The quantitative estimate of drug-likeness (QED) is 0.594. The molecule has 9 heteroatoms. The number of para-hydroxylation sites is 1. The molecule has 0 bridgehead atoms. The molecule has 2 aromatic rings. The van der Waals surface area contributed by atoms with Crippen LogP contribution in [0.15, 0.2) is 61.2 Å². The van der Waals surface area contributed by atoms with Gasteiger partial charge < -0.3 is 10.6 Å². The summed E-state index contributed by atoms with van der Waals surface area (Å²) in [6.45, 7) is 4.22. The molecule has 0 spiro atoms. The van der Waals surface area contributed by atoms with Crippen LogP contribution in [-0.4, -0.2) is 44.2 Å². The summed E-state index contributed by atoms with van der Waals surface area (Å²) in [6, 6.07) is 12.5. The van der Waals surface area contributed by atoms with E-state index in [0.717, 1.165) is 0 Å². The normalized spacial score (nSPS) is 15.2. The Hall–Kier alpha value is -3.04. The van der Waals surface area contributed by atoms with Crippen LogP contribution in [0.25, 0.3) is 0 Å². The van der Waals surface area contributed by atoms with Gasteiger partial charge >= 0.3 is 0 Å². The van der Waals surface area contributed by atoms with E-state index >= 15 is 0 Å². The van der Waals surface area contributed by atoms with Gasteiger partial charge in [-0.2, -0.15) is 0 Å². The first kappa shape index (κ1) is 23.6. The molecule has 170 valence electrons. The van der Waals surface area contributed by atoms with Crippen LogP contribution < -0.4 is 10.6 Å². The summed E-state index contributed by atoms with van der Waals surface area (Å²) in [5, 5.41) is 5.48. The molecule has 1 fully saturated rings. The first-order valence-corrected chi connectivity index (χ1v) is 11.9. The molecular formula is C23H26FN3O4S. The highest BCUT2D eigenvalue weighted by atomic mass is 32.2. The molecule has 0 unspecified atom stereocenters. The summed E-state index contributed by atoms with van der Waals surface area (Å²) < 4.78 is 40.5. The van der Waals surface area contributed by atoms with Crippen molar-refractivity contribution < 1.29 is 22.4 Å². The Balaban J connectivity index is 1.60. The van der Waals surface area contributed by atoms with Gasteiger partial charge in [-0.25, -0.2) is 17.1 Å². The lowest BCUT2D eigenvalue weighted by Crippen LogP contribution is -2.42. The van der Waals surface area contributed by atoms with Crippen LogP contribution in [0, 0.1) is 11.7 Å². The van der Waals surface area contributed by atoms with Crippen molar-refractivity contribution in [3.63, 3.8) is 0 Å². The van der Waals surface area contributed by atoms with Crippen molar-refractivity contribution >= 4 is 27.5 Å². The Labute approximate surface area is 187 Å². The molecule has 2 N–H and O–H groups in total. The molecule has 0 aromatic heterocycles. The number of sulfonamides is 1. The fraction of sp³-hybridized carbons (Fsp3) is 0.304. The fourth-order valence-corrected chi connectivity index (χ4v) is 5.16. The zero-order valence-corrected chi connectivity index (χ0v) is 18.4. The van der Waals surface area contributed by atoms with Crippen LogP contribution in [0.5, 0.6) is 0 Å². The van der Waals surface area contributed by atoms with Gasteiger partial charge in [-0.05, 0) is 31.0 Å². The number of amides is 2. The van der Waals surface area contributed by atoms with E-state index in [0.29, 0.717) is 30.6 Å². The molecule has 0 radical (unpaired) electrons. The number of anilines is 1. The second kappa shape index (κ2) is 10.5. The standard InChI is InChI=1S/C23H26FN3O4S/c1-2-13-25-23(29)19-8-4-6-10-21(19)26-22(28)17-11-14-27(15-12-17)32(30,31)16-18-7-3-5-9-20(18)24/h2-10,17H,1,11-16H2,(H,25,29)(H,26,28). The number of hydrogen-bond donors (Lipinski definition) is 2. The van der Waals surface area contributed by atoms with Crippen LogP contribution in [0.4, 0.5) is 10.1 Å². The van der Waals surface area contributed by atoms with Crippen molar-refractivity contribution in [2.24, 2.45) is 5.92 Å². The lowest BCUT2D eigenvalue weighted by Gasteiger charge is -2.30. The first-order valence-electron chi connectivity index (χ1n) is 10.3. The summed E-state index contributed by atoms with van der Waals surface area (Å²) >= 11 is 0. The molecule has 1 saturated heterocycles. The molecule has 1 aliphatic rings. The van der Waals surface area contributed by atoms with Gasteiger partial charge in [0.15, 0.2) is 0 Å². The SMILES string of the molecule is C=CCNC(=O)c1ccccc1NC(=O)C1CCN(S(=O)(=O)Cc2ccccc2F)CC1.